The molecule has 0 heterocycles. The van der Waals surface area contributed by atoms with Crippen LogP contribution in [0.25, 0.3) is 0 Å². The molecule has 7 heteroatoms. The minimum Gasteiger partial charge on any atom is -0.348 e. The van der Waals surface area contributed by atoms with Crippen molar-refractivity contribution in [2.75, 3.05) is 17.1 Å². The first-order valence-electron chi connectivity index (χ1n) is 8.17. The zero-order valence-electron chi connectivity index (χ0n) is 15.3. The predicted octanol–water partition coefficient (Wildman–Crippen LogP) is 3.71. The molecular formula is C19H23BrN2O3S. The van der Waals surface area contributed by atoms with Gasteiger partial charge in [0.25, 0.3) is 0 Å². The Labute approximate surface area is 163 Å². The van der Waals surface area contributed by atoms with Crippen LogP contribution >= 0.6 is 15.9 Å². The van der Waals surface area contributed by atoms with Gasteiger partial charge in [-0.3, -0.25) is 9.10 Å². The summed E-state index contributed by atoms with van der Waals surface area (Å²) in [5.41, 5.74) is 3.71. The Hall–Kier alpha value is -1.86. The second kappa shape index (κ2) is 8.22. The molecule has 1 unspecified atom stereocenters. The first-order chi connectivity index (χ1) is 12.1. The van der Waals surface area contributed by atoms with Crippen molar-refractivity contribution in [2.24, 2.45) is 0 Å². The van der Waals surface area contributed by atoms with Crippen molar-refractivity contribution < 1.29 is 13.2 Å². The molecule has 0 saturated carbocycles. The highest BCUT2D eigenvalue weighted by Gasteiger charge is 2.22. The Morgan fingerprint density at radius 1 is 1.15 bits per heavy atom. The Bertz CT molecular complexity index is 896. The van der Waals surface area contributed by atoms with Crippen LogP contribution in [0.4, 0.5) is 5.69 Å². The zero-order valence-corrected chi connectivity index (χ0v) is 17.7. The third-order valence-corrected chi connectivity index (χ3v) is 5.74. The van der Waals surface area contributed by atoms with Crippen molar-refractivity contribution in [3.8, 4) is 0 Å². The molecule has 26 heavy (non-hydrogen) atoms. The van der Waals surface area contributed by atoms with Gasteiger partial charge >= 0.3 is 0 Å². The van der Waals surface area contributed by atoms with E-state index in [0.717, 1.165) is 31.7 Å². The van der Waals surface area contributed by atoms with Crippen molar-refractivity contribution >= 4 is 37.5 Å². The number of benzene rings is 2. The monoisotopic (exact) mass is 438 g/mol. The number of amides is 1. The lowest BCUT2D eigenvalue weighted by atomic mass is 10.0. The molecule has 0 bridgehead atoms. The number of hydrogen-bond acceptors (Lipinski definition) is 3. The molecule has 0 saturated heterocycles. The molecule has 1 N–H and O–H groups in total. The first-order valence-corrected chi connectivity index (χ1v) is 10.8. The highest BCUT2D eigenvalue weighted by Crippen LogP contribution is 2.21. The van der Waals surface area contributed by atoms with Gasteiger partial charge in [-0.25, -0.2) is 8.42 Å². The normalized spacial score (nSPS) is 12.5. The molecule has 1 atom stereocenters. The van der Waals surface area contributed by atoms with E-state index in [1.165, 1.54) is 0 Å². The summed E-state index contributed by atoms with van der Waals surface area (Å²) < 4.78 is 26.2. The van der Waals surface area contributed by atoms with E-state index >= 15 is 0 Å². The van der Waals surface area contributed by atoms with Crippen LogP contribution in [-0.4, -0.2) is 27.1 Å². The maximum absolute atomic E-state index is 12.5. The quantitative estimate of drug-likeness (QED) is 0.747. The van der Waals surface area contributed by atoms with Crippen molar-refractivity contribution in [3.63, 3.8) is 0 Å². The van der Waals surface area contributed by atoms with Gasteiger partial charge in [-0.1, -0.05) is 39.7 Å². The molecule has 0 fully saturated rings. The highest BCUT2D eigenvalue weighted by molar-refractivity contribution is 9.10. The third kappa shape index (κ3) is 5.32. The Kier molecular flexibility index (Phi) is 6.47. The first kappa shape index (κ1) is 20.5. The SMILES string of the molecule is Cc1ccc(C(C)NC(=O)CN(c2ccc(Br)cc2)S(C)(=O)=O)c(C)c1. The summed E-state index contributed by atoms with van der Waals surface area (Å²) >= 11 is 3.32. The van der Waals surface area contributed by atoms with Crippen LogP contribution in [0, 0.1) is 13.8 Å². The maximum atomic E-state index is 12.5. The third-order valence-electron chi connectivity index (χ3n) is 4.07. The molecule has 2 aromatic carbocycles. The second-order valence-corrected chi connectivity index (χ2v) is 9.22. The Morgan fingerprint density at radius 3 is 2.31 bits per heavy atom. The lowest BCUT2D eigenvalue weighted by Gasteiger charge is -2.24. The van der Waals surface area contributed by atoms with E-state index in [1.54, 1.807) is 24.3 Å². The van der Waals surface area contributed by atoms with Gasteiger partial charge in [0.05, 0.1) is 18.0 Å². The topological polar surface area (TPSA) is 66.5 Å². The number of carbonyl (C=O) groups is 1. The molecule has 140 valence electrons. The van der Waals surface area contributed by atoms with Crippen molar-refractivity contribution in [1.82, 2.24) is 5.32 Å². The number of nitrogens with zero attached hydrogens (tertiary/aromatic N) is 1. The average Bonchev–Trinajstić information content (AvgIpc) is 2.52. The van der Waals surface area contributed by atoms with Gasteiger partial charge in [-0.05, 0) is 56.2 Å². The fourth-order valence-electron chi connectivity index (χ4n) is 2.81. The van der Waals surface area contributed by atoms with E-state index in [2.05, 4.69) is 27.3 Å². The van der Waals surface area contributed by atoms with Crippen LogP contribution < -0.4 is 9.62 Å². The van der Waals surface area contributed by atoms with Crippen LogP contribution in [0.1, 0.15) is 29.7 Å². The summed E-state index contributed by atoms with van der Waals surface area (Å²) in [6, 6.07) is 12.6. The van der Waals surface area contributed by atoms with E-state index in [4.69, 9.17) is 0 Å². The average molecular weight is 439 g/mol. The standard InChI is InChI=1S/C19H23BrN2O3S/c1-13-5-10-18(14(2)11-13)15(3)21-19(23)12-22(26(4,24)25)17-8-6-16(20)7-9-17/h5-11,15H,12H2,1-4H3,(H,21,23). The second-order valence-electron chi connectivity index (χ2n) is 6.40. The van der Waals surface area contributed by atoms with Gasteiger partial charge in [0.15, 0.2) is 0 Å². The molecule has 0 aliphatic carbocycles. The van der Waals surface area contributed by atoms with Crippen molar-refractivity contribution in [2.45, 2.75) is 26.8 Å². The predicted molar refractivity (Wildman–Crippen MR) is 109 cm³/mol. The van der Waals surface area contributed by atoms with Gasteiger partial charge in [-0.2, -0.15) is 0 Å². The molecule has 0 spiro atoms. The fourth-order valence-corrected chi connectivity index (χ4v) is 3.93. The molecule has 0 aromatic heterocycles. The van der Waals surface area contributed by atoms with Crippen LogP contribution in [0.2, 0.25) is 0 Å². The molecule has 5 nitrogen and oxygen atoms in total. The summed E-state index contributed by atoms with van der Waals surface area (Å²) in [5.74, 6) is -0.356. The van der Waals surface area contributed by atoms with E-state index in [9.17, 15) is 13.2 Å². The Balaban J connectivity index is 2.15. The van der Waals surface area contributed by atoms with Crippen LogP contribution in [-0.2, 0) is 14.8 Å². The summed E-state index contributed by atoms with van der Waals surface area (Å²) in [7, 11) is -3.58. The van der Waals surface area contributed by atoms with Crippen LogP contribution in [0.3, 0.4) is 0 Å². The lowest BCUT2D eigenvalue weighted by Crippen LogP contribution is -2.41. The van der Waals surface area contributed by atoms with Gasteiger partial charge in [0.1, 0.15) is 6.54 Å². The van der Waals surface area contributed by atoms with E-state index in [-0.39, 0.29) is 18.5 Å². The van der Waals surface area contributed by atoms with Gasteiger partial charge in [-0.15, -0.1) is 0 Å². The van der Waals surface area contributed by atoms with Gasteiger partial charge in [0, 0.05) is 4.47 Å². The molecule has 2 aromatic rings. The number of halogens is 1. The fraction of sp³-hybridized carbons (Fsp3) is 0.316. The maximum Gasteiger partial charge on any atom is 0.241 e. The van der Waals surface area contributed by atoms with E-state index in [1.807, 2.05) is 32.9 Å². The molecule has 0 aliphatic rings. The Morgan fingerprint density at radius 2 is 1.77 bits per heavy atom. The summed E-state index contributed by atoms with van der Waals surface area (Å²) in [5, 5.41) is 2.89. The zero-order chi connectivity index (χ0) is 19.5. The molecule has 2 rings (SSSR count). The lowest BCUT2D eigenvalue weighted by molar-refractivity contribution is -0.120. The van der Waals surface area contributed by atoms with E-state index in [0.29, 0.717) is 5.69 Å². The summed E-state index contributed by atoms with van der Waals surface area (Å²) in [4.78, 5) is 12.5. The number of sulfonamides is 1. The summed E-state index contributed by atoms with van der Waals surface area (Å²) in [6.07, 6.45) is 1.09. The smallest absolute Gasteiger partial charge is 0.241 e. The molecule has 0 aliphatic heterocycles. The number of nitrogens with one attached hydrogen (secondary N) is 1. The van der Waals surface area contributed by atoms with Crippen LogP contribution in [0.5, 0.6) is 0 Å². The van der Waals surface area contributed by atoms with Crippen LogP contribution in [0.15, 0.2) is 46.9 Å². The number of aryl methyl sites for hydroxylation is 2. The minimum atomic E-state index is -3.58. The van der Waals surface area contributed by atoms with Gasteiger partial charge < -0.3 is 5.32 Å². The number of anilines is 1. The minimum absolute atomic E-state index is 0.213. The molecular weight excluding hydrogens is 416 g/mol. The number of carbonyl (C=O) groups excluding carboxylic acids is 1. The highest BCUT2D eigenvalue weighted by atomic mass is 79.9. The number of rotatable bonds is 6. The summed E-state index contributed by atoms with van der Waals surface area (Å²) in [6.45, 7) is 5.63. The number of hydrogen-bond donors (Lipinski definition) is 1. The van der Waals surface area contributed by atoms with E-state index < -0.39 is 10.0 Å². The van der Waals surface area contributed by atoms with Gasteiger partial charge in [0.2, 0.25) is 15.9 Å². The molecule has 0 radical (unpaired) electrons. The van der Waals surface area contributed by atoms with Crippen molar-refractivity contribution in [1.29, 1.82) is 0 Å². The molecule has 1 amide bonds. The largest absolute Gasteiger partial charge is 0.348 e. The van der Waals surface area contributed by atoms with Crippen molar-refractivity contribution in [3.05, 3.63) is 63.6 Å².